The number of carbonyl (C=O) groups is 2. The largest absolute Gasteiger partial charge is 0.481 e. The van der Waals surface area contributed by atoms with E-state index < -0.39 is 17.8 Å². The van der Waals surface area contributed by atoms with Gasteiger partial charge < -0.3 is 10.4 Å². The minimum absolute atomic E-state index is 0.0165. The van der Waals surface area contributed by atoms with Crippen molar-refractivity contribution in [3.05, 3.63) is 30.5 Å². The second kappa shape index (κ2) is 4.46. The van der Waals surface area contributed by atoms with Crippen molar-refractivity contribution in [2.24, 2.45) is 23.7 Å². The van der Waals surface area contributed by atoms with Crippen molar-refractivity contribution in [3.63, 3.8) is 0 Å². The lowest BCUT2D eigenvalue weighted by atomic mass is 9.82. The van der Waals surface area contributed by atoms with Gasteiger partial charge >= 0.3 is 5.97 Å². The number of hydrogen-bond donors (Lipinski definition) is 2. The van der Waals surface area contributed by atoms with Crippen LogP contribution in [0.1, 0.15) is 6.42 Å². The minimum Gasteiger partial charge on any atom is -0.481 e. The average molecular weight is 259 g/mol. The molecule has 0 spiro atoms. The summed E-state index contributed by atoms with van der Waals surface area (Å²) in [5, 5.41) is 19.4. The van der Waals surface area contributed by atoms with E-state index in [4.69, 9.17) is 0 Å². The van der Waals surface area contributed by atoms with Crippen molar-refractivity contribution in [1.82, 2.24) is 10.2 Å². The maximum absolute atomic E-state index is 12.2. The molecule has 6 heteroatoms. The monoisotopic (exact) mass is 259 g/mol. The van der Waals surface area contributed by atoms with Gasteiger partial charge in [-0.2, -0.15) is 5.10 Å². The van der Waals surface area contributed by atoms with E-state index in [0.29, 0.717) is 5.82 Å². The molecule has 4 unspecified atom stereocenters. The summed E-state index contributed by atoms with van der Waals surface area (Å²) < 4.78 is 0. The number of nitrogens with one attached hydrogen (secondary N) is 1. The van der Waals surface area contributed by atoms with E-state index in [9.17, 15) is 14.7 Å². The highest BCUT2D eigenvalue weighted by Crippen LogP contribution is 2.48. The lowest BCUT2D eigenvalue weighted by Crippen LogP contribution is -2.36. The van der Waals surface area contributed by atoms with Crippen LogP contribution >= 0.6 is 0 Å². The number of aromatic nitrogens is 2. The Labute approximate surface area is 109 Å². The van der Waals surface area contributed by atoms with E-state index in [2.05, 4.69) is 15.5 Å². The highest BCUT2D eigenvalue weighted by molar-refractivity contribution is 5.95. The fourth-order valence-corrected chi connectivity index (χ4v) is 3.09. The van der Waals surface area contributed by atoms with Crippen LogP contribution in [0.2, 0.25) is 0 Å². The number of amides is 1. The van der Waals surface area contributed by atoms with Crippen molar-refractivity contribution < 1.29 is 14.7 Å². The lowest BCUT2D eigenvalue weighted by Gasteiger charge is -2.23. The number of hydrogen-bond acceptors (Lipinski definition) is 4. The lowest BCUT2D eigenvalue weighted by molar-refractivity contribution is -0.146. The molecule has 1 amide bonds. The molecule has 1 aromatic rings. The third-order valence-corrected chi connectivity index (χ3v) is 3.87. The maximum Gasteiger partial charge on any atom is 0.307 e. The highest BCUT2D eigenvalue weighted by atomic mass is 16.4. The zero-order valence-electron chi connectivity index (χ0n) is 10.1. The van der Waals surface area contributed by atoms with Gasteiger partial charge in [-0.05, 0) is 30.4 Å². The van der Waals surface area contributed by atoms with Gasteiger partial charge in [0, 0.05) is 6.20 Å². The Kier molecular flexibility index (Phi) is 2.77. The number of carboxylic acids is 1. The van der Waals surface area contributed by atoms with Gasteiger partial charge in [0.2, 0.25) is 5.91 Å². The van der Waals surface area contributed by atoms with Crippen LogP contribution < -0.4 is 5.32 Å². The molecule has 4 atom stereocenters. The van der Waals surface area contributed by atoms with Gasteiger partial charge in [-0.25, -0.2) is 0 Å². The van der Waals surface area contributed by atoms with Gasteiger partial charge in [0.1, 0.15) is 0 Å². The predicted molar refractivity (Wildman–Crippen MR) is 66.0 cm³/mol. The van der Waals surface area contributed by atoms with Crippen LogP contribution in [0.4, 0.5) is 5.82 Å². The number of fused-ring (bicyclic) bond motifs is 2. The molecular formula is C13H13N3O3. The molecule has 1 fully saturated rings. The van der Waals surface area contributed by atoms with Crippen molar-refractivity contribution in [2.75, 3.05) is 5.32 Å². The molecule has 2 N–H and O–H groups in total. The number of carboxylic acid groups (broad SMARTS) is 1. The zero-order valence-corrected chi connectivity index (χ0v) is 10.1. The Balaban J connectivity index is 1.79. The fraction of sp³-hybridized carbons (Fsp3) is 0.385. The first kappa shape index (κ1) is 11.8. The summed E-state index contributed by atoms with van der Waals surface area (Å²) in [7, 11) is 0. The standard InChI is InChI=1S/C13H13N3O3/c17-12(15-9-2-1-5-14-16-9)10-7-3-4-8(6-7)11(10)13(18)19/h1-5,7-8,10-11H,6H2,(H,18,19)(H,15,16,17). The smallest absolute Gasteiger partial charge is 0.307 e. The van der Waals surface area contributed by atoms with Crippen LogP contribution in [0, 0.1) is 23.7 Å². The first-order valence-corrected chi connectivity index (χ1v) is 6.16. The van der Waals surface area contributed by atoms with Crippen LogP contribution in [0.5, 0.6) is 0 Å². The van der Waals surface area contributed by atoms with E-state index in [0.717, 1.165) is 6.42 Å². The Morgan fingerprint density at radius 1 is 1.26 bits per heavy atom. The minimum atomic E-state index is -0.906. The highest BCUT2D eigenvalue weighted by Gasteiger charge is 2.51. The molecule has 1 aromatic heterocycles. The van der Waals surface area contributed by atoms with Gasteiger partial charge in [0.05, 0.1) is 11.8 Å². The van der Waals surface area contributed by atoms with E-state index in [1.54, 1.807) is 12.1 Å². The van der Waals surface area contributed by atoms with Gasteiger partial charge in [-0.3, -0.25) is 9.59 Å². The van der Waals surface area contributed by atoms with Gasteiger partial charge in [-0.15, -0.1) is 5.10 Å². The Morgan fingerprint density at radius 2 is 2.00 bits per heavy atom. The quantitative estimate of drug-likeness (QED) is 0.788. The molecule has 19 heavy (non-hydrogen) atoms. The second-order valence-corrected chi connectivity index (χ2v) is 4.94. The molecule has 0 aliphatic heterocycles. The number of rotatable bonds is 3. The van der Waals surface area contributed by atoms with Crippen molar-refractivity contribution in [1.29, 1.82) is 0 Å². The first-order chi connectivity index (χ1) is 9.16. The molecule has 0 aromatic carbocycles. The Morgan fingerprint density at radius 3 is 2.63 bits per heavy atom. The van der Waals surface area contributed by atoms with E-state index in [1.165, 1.54) is 6.20 Å². The van der Waals surface area contributed by atoms with Crippen LogP contribution in [-0.2, 0) is 9.59 Å². The van der Waals surface area contributed by atoms with Gasteiger partial charge in [-0.1, -0.05) is 12.2 Å². The fourth-order valence-electron chi connectivity index (χ4n) is 3.09. The summed E-state index contributed by atoms with van der Waals surface area (Å²) in [5.41, 5.74) is 0. The Bertz CT molecular complexity index is 543. The summed E-state index contributed by atoms with van der Waals surface area (Å²) in [6, 6.07) is 3.29. The number of carbonyl (C=O) groups excluding carboxylic acids is 1. The predicted octanol–water partition coefficient (Wildman–Crippen LogP) is 0.938. The summed E-state index contributed by atoms with van der Waals surface area (Å²) in [6.07, 6.45) is 6.12. The Hall–Kier alpha value is -2.24. The molecule has 2 aliphatic rings. The van der Waals surface area contributed by atoms with Crippen molar-refractivity contribution in [2.45, 2.75) is 6.42 Å². The second-order valence-electron chi connectivity index (χ2n) is 4.94. The van der Waals surface area contributed by atoms with Gasteiger partial charge in [0.15, 0.2) is 5.82 Å². The molecule has 1 saturated carbocycles. The van der Waals surface area contributed by atoms with Crippen molar-refractivity contribution in [3.8, 4) is 0 Å². The van der Waals surface area contributed by atoms with Crippen LogP contribution in [0.25, 0.3) is 0 Å². The number of allylic oxidation sites excluding steroid dienone is 2. The molecule has 2 aliphatic carbocycles. The van der Waals surface area contributed by atoms with E-state index >= 15 is 0 Å². The normalized spacial score (nSPS) is 31.4. The summed E-state index contributed by atoms with van der Waals surface area (Å²) in [6.45, 7) is 0. The molecular weight excluding hydrogens is 246 g/mol. The SMILES string of the molecule is O=C(O)C1C2C=CC(C2)C1C(=O)Nc1cccnn1. The van der Waals surface area contributed by atoms with Crippen LogP contribution in [0.3, 0.4) is 0 Å². The number of anilines is 1. The van der Waals surface area contributed by atoms with Crippen LogP contribution in [0.15, 0.2) is 30.5 Å². The number of aliphatic carboxylic acids is 1. The maximum atomic E-state index is 12.2. The molecule has 6 nitrogen and oxygen atoms in total. The molecule has 1 heterocycles. The molecule has 0 radical (unpaired) electrons. The molecule has 0 saturated heterocycles. The topological polar surface area (TPSA) is 92.2 Å². The number of nitrogens with zero attached hydrogens (tertiary/aromatic N) is 2. The first-order valence-electron chi connectivity index (χ1n) is 6.16. The van der Waals surface area contributed by atoms with E-state index in [1.807, 2.05) is 12.2 Å². The van der Waals surface area contributed by atoms with Gasteiger partial charge in [0.25, 0.3) is 0 Å². The summed E-state index contributed by atoms with van der Waals surface area (Å²) in [4.78, 5) is 23.6. The van der Waals surface area contributed by atoms with Crippen molar-refractivity contribution >= 4 is 17.7 Å². The average Bonchev–Trinajstić information content (AvgIpc) is 2.99. The molecule has 3 rings (SSSR count). The molecule has 2 bridgehead atoms. The zero-order chi connectivity index (χ0) is 13.4. The van der Waals surface area contributed by atoms with Crippen LogP contribution in [-0.4, -0.2) is 27.2 Å². The van der Waals surface area contributed by atoms with E-state index in [-0.39, 0.29) is 17.7 Å². The summed E-state index contributed by atoms with van der Waals surface area (Å²) in [5.74, 6) is -2.01. The third-order valence-electron chi connectivity index (χ3n) is 3.87. The molecule has 98 valence electrons. The summed E-state index contributed by atoms with van der Waals surface area (Å²) >= 11 is 0. The third kappa shape index (κ3) is 1.99.